The smallest absolute Gasteiger partial charge is 0.337 e. The van der Waals surface area contributed by atoms with Crippen LogP contribution in [0, 0.1) is 10.1 Å². The Morgan fingerprint density at radius 3 is 2.76 bits per heavy atom. The van der Waals surface area contributed by atoms with Crippen LogP contribution in [0.2, 0.25) is 0 Å². The van der Waals surface area contributed by atoms with Crippen LogP contribution in [0.15, 0.2) is 5.38 Å². The second kappa shape index (κ2) is 4.92. The summed E-state index contributed by atoms with van der Waals surface area (Å²) in [5, 5.41) is 14.5. The number of nitro groups is 1. The topological polar surface area (TPSA) is 110 Å². The zero-order valence-corrected chi connectivity index (χ0v) is 11.6. The van der Waals surface area contributed by atoms with E-state index in [4.69, 9.17) is 0 Å². The standard InChI is InChI=1S/C12H11N3O5S/c16-9-7(3-1-2-4-13-9)14-10(17)6-5-21-12(15(19)20)8(6)11(14)18/h5,7H,1-4H2,(H,13,16)/t7-/m0/s1. The van der Waals surface area contributed by atoms with E-state index in [9.17, 15) is 24.5 Å². The van der Waals surface area contributed by atoms with Crippen molar-refractivity contribution >= 4 is 34.1 Å². The first kappa shape index (κ1) is 13.7. The van der Waals surface area contributed by atoms with Crippen LogP contribution in [0.4, 0.5) is 5.00 Å². The van der Waals surface area contributed by atoms with Gasteiger partial charge in [0.05, 0.1) is 10.5 Å². The van der Waals surface area contributed by atoms with Gasteiger partial charge in [-0.3, -0.25) is 29.4 Å². The monoisotopic (exact) mass is 309 g/mol. The van der Waals surface area contributed by atoms with Crippen molar-refractivity contribution < 1.29 is 19.3 Å². The van der Waals surface area contributed by atoms with E-state index in [1.54, 1.807) is 0 Å². The first-order chi connectivity index (χ1) is 10.0. The lowest BCUT2D eigenvalue weighted by atomic mass is 10.1. The third kappa shape index (κ3) is 2.00. The summed E-state index contributed by atoms with van der Waals surface area (Å²) in [6.45, 7) is 0.507. The zero-order valence-electron chi connectivity index (χ0n) is 10.8. The quantitative estimate of drug-likeness (QED) is 0.496. The van der Waals surface area contributed by atoms with Gasteiger partial charge in [-0.25, -0.2) is 0 Å². The van der Waals surface area contributed by atoms with Crippen molar-refractivity contribution in [1.82, 2.24) is 10.2 Å². The lowest BCUT2D eigenvalue weighted by Crippen LogP contribution is -2.48. The summed E-state index contributed by atoms with van der Waals surface area (Å²) in [6, 6.07) is -0.885. The molecule has 21 heavy (non-hydrogen) atoms. The highest BCUT2D eigenvalue weighted by molar-refractivity contribution is 7.14. The molecule has 9 heteroatoms. The molecule has 0 saturated carbocycles. The molecule has 0 aliphatic carbocycles. The second-order valence-electron chi connectivity index (χ2n) is 4.87. The van der Waals surface area contributed by atoms with Crippen LogP contribution < -0.4 is 5.32 Å². The number of imide groups is 1. The van der Waals surface area contributed by atoms with Gasteiger partial charge in [0.25, 0.3) is 11.8 Å². The van der Waals surface area contributed by atoms with Gasteiger partial charge >= 0.3 is 5.00 Å². The van der Waals surface area contributed by atoms with Crippen LogP contribution in [0.5, 0.6) is 0 Å². The lowest BCUT2D eigenvalue weighted by molar-refractivity contribution is -0.380. The van der Waals surface area contributed by atoms with Gasteiger partial charge < -0.3 is 5.32 Å². The fraction of sp³-hybridized carbons (Fsp3) is 0.417. The summed E-state index contributed by atoms with van der Waals surface area (Å²) in [4.78, 5) is 47.8. The summed E-state index contributed by atoms with van der Waals surface area (Å²) in [7, 11) is 0. The van der Waals surface area contributed by atoms with Gasteiger partial charge in [0.2, 0.25) is 5.91 Å². The van der Waals surface area contributed by atoms with Crippen molar-refractivity contribution in [2.75, 3.05) is 6.54 Å². The number of thiophene rings is 1. The Labute approximate surface area is 122 Å². The zero-order chi connectivity index (χ0) is 15.1. The predicted molar refractivity (Wildman–Crippen MR) is 72.1 cm³/mol. The number of fused-ring (bicyclic) bond motifs is 1. The number of rotatable bonds is 2. The van der Waals surface area contributed by atoms with Gasteiger partial charge in [0.1, 0.15) is 11.6 Å². The van der Waals surface area contributed by atoms with Crippen LogP contribution in [-0.2, 0) is 4.79 Å². The van der Waals surface area contributed by atoms with E-state index in [0.29, 0.717) is 19.4 Å². The summed E-state index contributed by atoms with van der Waals surface area (Å²) in [6.07, 6.45) is 1.86. The Morgan fingerprint density at radius 1 is 1.29 bits per heavy atom. The van der Waals surface area contributed by atoms with Crippen molar-refractivity contribution in [3.63, 3.8) is 0 Å². The number of hydrogen-bond donors (Lipinski definition) is 1. The van der Waals surface area contributed by atoms with E-state index in [-0.39, 0.29) is 22.0 Å². The molecule has 2 aliphatic heterocycles. The summed E-state index contributed by atoms with van der Waals surface area (Å²) in [5.41, 5.74) is -0.166. The number of nitrogens with one attached hydrogen (secondary N) is 1. The third-order valence-electron chi connectivity index (χ3n) is 3.64. The highest BCUT2D eigenvalue weighted by atomic mass is 32.1. The molecular formula is C12H11N3O5S. The van der Waals surface area contributed by atoms with E-state index >= 15 is 0 Å². The molecule has 0 bridgehead atoms. The van der Waals surface area contributed by atoms with Crippen molar-refractivity contribution in [2.45, 2.75) is 25.3 Å². The second-order valence-corrected chi connectivity index (χ2v) is 5.73. The fourth-order valence-electron chi connectivity index (χ4n) is 2.64. The van der Waals surface area contributed by atoms with Crippen molar-refractivity contribution in [2.24, 2.45) is 0 Å². The van der Waals surface area contributed by atoms with Gasteiger partial charge in [-0.15, -0.1) is 0 Å². The van der Waals surface area contributed by atoms with Crippen LogP contribution in [0.1, 0.15) is 40.0 Å². The molecule has 1 saturated heterocycles. The van der Waals surface area contributed by atoms with E-state index in [1.807, 2.05) is 0 Å². The average molecular weight is 309 g/mol. The normalized spacial score (nSPS) is 22.0. The molecule has 3 heterocycles. The van der Waals surface area contributed by atoms with E-state index in [2.05, 4.69) is 5.32 Å². The van der Waals surface area contributed by atoms with Gasteiger partial charge in [0.15, 0.2) is 0 Å². The number of hydrogen-bond acceptors (Lipinski definition) is 6. The molecule has 1 aromatic heterocycles. The minimum Gasteiger partial charge on any atom is -0.354 e. The van der Waals surface area contributed by atoms with Crippen molar-refractivity contribution in [3.8, 4) is 0 Å². The first-order valence-electron chi connectivity index (χ1n) is 6.44. The molecule has 3 rings (SSSR count). The Morgan fingerprint density at radius 2 is 2.05 bits per heavy atom. The molecule has 1 fully saturated rings. The molecule has 3 amide bonds. The predicted octanol–water partition coefficient (Wildman–Crippen LogP) is 0.921. The molecular weight excluding hydrogens is 298 g/mol. The molecule has 0 radical (unpaired) electrons. The van der Waals surface area contributed by atoms with Crippen LogP contribution in [0.3, 0.4) is 0 Å². The van der Waals surface area contributed by atoms with Crippen LogP contribution >= 0.6 is 11.3 Å². The summed E-state index contributed by atoms with van der Waals surface area (Å²) < 4.78 is 0. The van der Waals surface area contributed by atoms with Gasteiger partial charge in [-0.2, -0.15) is 0 Å². The molecule has 1 aromatic rings. The van der Waals surface area contributed by atoms with Gasteiger partial charge in [-0.05, 0) is 19.3 Å². The Hall–Kier alpha value is -2.29. The number of carbonyl (C=O) groups is 3. The third-order valence-corrected chi connectivity index (χ3v) is 4.57. The minimum absolute atomic E-state index is 0.0220. The number of carbonyl (C=O) groups excluding carboxylic acids is 3. The number of amides is 3. The molecule has 0 spiro atoms. The molecule has 1 atom stereocenters. The van der Waals surface area contributed by atoms with E-state index < -0.39 is 22.8 Å². The number of nitrogens with zero attached hydrogens (tertiary/aromatic N) is 2. The first-order valence-corrected chi connectivity index (χ1v) is 7.32. The van der Waals surface area contributed by atoms with Crippen LogP contribution in [-0.4, -0.2) is 40.1 Å². The van der Waals surface area contributed by atoms with Crippen LogP contribution in [0.25, 0.3) is 0 Å². The Bertz CT molecular complexity index is 668. The minimum atomic E-state index is -0.885. The average Bonchev–Trinajstić information content (AvgIpc) is 2.90. The Balaban J connectivity index is 1.99. The summed E-state index contributed by atoms with van der Waals surface area (Å²) in [5.74, 6) is -1.75. The van der Waals surface area contributed by atoms with Crippen molar-refractivity contribution in [3.05, 3.63) is 26.6 Å². The fourth-order valence-corrected chi connectivity index (χ4v) is 3.49. The van der Waals surface area contributed by atoms with Crippen molar-refractivity contribution in [1.29, 1.82) is 0 Å². The maximum absolute atomic E-state index is 12.4. The maximum atomic E-state index is 12.4. The Kier molecular flexibility index (Phi) is 3.20. The molecule has 2 aliphatic rings. The lowest BCUT2D eigenvalue weighted by Gasteiger charge is -2.23. The molecule has 0 aromatic carbocycles. The molecule has 8 nitrogen and oxygen atoms in total. The van der Waals surface area contributed by atoms with E-state index in [1.165, 1.54) is 5.38 Å². The molecule has 1 N–H and O–H groups in total. The highest BCUT2D eigenvalue weighted by Gasteiger charge is 2.47. The summed E-state index contributed by atoms with van der Waals surface area (Å²) >= 11 is 0.753. The van der Waals surface area contributed by atoms with Gasteiger partial charge in [0, 0.05) is 11.9 Å². The van der Waals surface area contributed by atoms with Gasteiger partial charge in [-0.1, -0.05) is 11.3 Å². The SMILES string of the molecule is O=C1NCCCC[C@@H]1N1C(=O)c2csc([N+](=O)[O-])c2C1=O. The maximum Gasteiger partial charge on any atom is 0.337 e. The van der Waals surface area contributed by atoms with E-state index in [0.717, 1.165) is 22.7 Å². The largest absolute Gasteiger partial charge is 0.354 e. The molecule has 110 valence electrons. The molecule has 0 unspecified atom stereocenters. The highest BCUT2D eigenvalue weighted by Crippen LogP contribution is 2.38.